The Morgan fingerprint density at radius 3 is 1.50 bits per heavy atom. The van der Waals surface area contributed by atoms with E-state index in [1.807, 2.05) is 6.92 Å². The highest BCUT2D eigenvalue weighted by Gasteiger charge is 2.02. The molecular weight excluding hydrogens is 398 g/mol. The van der Waals surface area contributed by atoms with E-state index in [1.54, 1.807) is 0 Å². The topological polar surface area (TPSA) is 55.4 Å². The van der Waals surface area contributed by atoms with Gasteiger partial charge in [0.1, 0.15) is 0 Å². The smallest absolute Gasteiger partial charge is 0.305 e. The van der Waals surface area contributed by atoms with Crippen molar-refractivity contribution < 1.29 is 14.3 Å². The van der Waals surface area contributed by atoms with Crippen molar-refractivity contribution in [3.05, 3.63) is 0 Å². The van der Waals surface area contributed by atoms with Gasteiger partial charge in [0, 0.05) is 19.4 Å². The van der Waals surface area contributed by atoms with Crippen LogP contribution in [0.1, 0.15) is 155 Å². The molecule has 0 unspecified atom stereocenters. The highest BCUT2D eigenvalue weighted by atomic mass is 16.5. The molecule has 0 aliphatic rings. The van der Waals surface area contributed by atoms with Crippen LogP contribution in [0.25, 0.3) is 0 Å². The van der Waals surface area contributed by atoms with E-state index in [4.69, 9.17) is 4.74 Å². The molecule has 0 aromatic carbocycles. The molecule has 0 saturated carbocycles. The Bertz CT molecular complexity index is 411. The third-order valence-electron chi connectivity index (χ3n) is 6.12. The lowest BCUT2D eigenvalue weighted by Gasteiger charge is -2.06. The van der Waals surface area contributed by atoms with Crippen molar-refractivity contribution in [2.24, 2.45) is 0 Å². The quantitative estimate of drug-likeness (QED) is 0.112. The number of amides is 1. The Balaban J connectivity index is 3.17. The molecule has 0 atom stereocenters. The normalized spacial score (nSPS) is 10.9. The van der Waals surface area contributed by atoms with Crippen LogP contribution in [0, 0.1) is 0 Å². The SMILES string of the molecule is CCCCCCCCCCCCCCCCCCNC(=O)CCCCCOC(=O)CCC. The van der Waals surface area contributed by atoms with Gasteiger partial charge in [0.05, 0.1) is 6.61 Å². The molecule has 0 aromatic rings. The van der Waals surface area contributed by atoms with Gasteiger partial charge in [0.2, 0.25) is 5.91 Å². The summed E-state index contributed by atoms with van der Waals surface area (Å²) in [4.78, 5) is 23.1. The summed E-state index contributed by atoms with van der Waals surface area (Å²) >= 11 is 0. The number of hydrogen-bond acceptors (Lipinski definition) is 3. The van der Waals surface area contributed by atoms with E-state index in [1.165, 1.54) is 96.3 Å². The van der Waals surface area contributed by atoms with E-state index < -0.39 is 0 Å². The van der Waals surface area contributed by atoms with E-state index >= 15 is 0 Å². The van der Waals surface area contributed by atoms with E-state index in [9.17, 15) is 9.59 Å². The van der Waals surface area contributed by atoms with Gasteiger partial charge in [-0.25, -0.2) is 0 Å². The van der Waals surface area contributed by atoms with E-state index in [2.05, 4.69) is 12.2 Å². The number of hydrogen-bond donors (Lipinski definition) is 1. The van der Waals surface area contributed by atoms with Crippen molar-refractivity contribution in [1.29, 1.82) is 0 Å². The number of unbranched alkanes of at least 4 members (excludes halogenated alkanes) is 17. The van der Waals surface area contributed by atoms with Crippen LogP contribution >= 0.6 is 0 Å². The number of carbonyl (C=O) groups excluding carboxylic acids is 2. The second-order valence-corrected chi connectivity index (χ2v) is 9.43. The average Bonchev–Trinajstić information content (AvgIpc) is 2.78. The molecule has 0 bridgehead atoms. The molecule has 0 aromatic heterocycles. The first-order valence-electron chi connectivity index (χ1n) is 14.1. The molecule has 4 nitrogen and oxygen atoms in total. The first-order valence-corrected chi connectivity index (χ1v) is 14.1. The second-order valence-electron chi connectivity index (χ2n) is 9.43. The summed E-state index contributed by atoms with van der Waals surface area (Å²) in [7, 11) is 0. The molecule has 4 heteroatoms. The van der Waals surface area contributed by atoms with Gasteiger partial charge in [-0.3, -0.25) is 9.59 Å². The summed E-state index contributed by atoms with van der Waals surface area (Å²) < 4.78 is 5.12. The Hall–Kier alpha value is -1.06. The van der Waals surface area contributed by atoms with Crippen molar-refractivity contribution in [1.82, 2.24) is 5.32 Å². The third-order valence-corrected chi connectivity index (χ3v) is 6.12. The van der Waals surface area contributed by atoms with Crippen LogP contribution in [0.5, 0.6) is 0 Å². The van der Waals surface area contributed by atoms with Gasteiger partial charge < -0.3 is 10.1 Å². The maximum Gasteiger partial charge on any atom is 0.305 e. The molecular formula is C28H55NO3. The molecule has 1 N–H and O–H groups in total. The Labute approximate surface area is 200 Å². The molecule has 0 spiro atoms. The van der Waals surface area contributed by atoms with Crippen LogP contribution in [0.4, 0.5) is 0 Å². The summed E-state index contributed by atoms with van der Waals surface area (Å²) in [6.45, 7) is 5.55. The number of carbonyl (C=O) groups is 2. The van der Waals surface area contributed by atoms with Crippen molar-refractivity contribution >= 4 is 11.9 Å². The lowest BCUT2D eigenvalue weighted by molar-refractivity contribution is -0.143. The zero-order chi connectivity index (χ0) is 23.5. The molecule has 190 valence electrons. The van der Waals surface area contributed by atoms with Gasteiger partial charge >= 0.3 is 5.97 Å². The van der Waals surface area contributed by atoms with E-state index in [0.717, 1.165) is 38.6 Å². The Morgan fingerprint density at radius 1 is 0.531 bits per heavy atom. The molecule has 1 amide bonds. The van der Waals surface area contributed by atoms with Crippen molar-refractivity contribution in [3.8, 4) is 0 Å². The maximum absolute atomic E-state index is 11.8. The standard InChI is InChI=1S/C28H55NO3/c1-3-5-6-7-8-9-10-11-12-13-14-15-16-17-18-21-25-29-27(30)24-20-19-22-26-32-28(31)23-4-2/h3-26H2,1-2H3,(H,29,30). The van der Waals surface area contributed by atoms with Crippen LogP contribution in [-0.4, -0.2) is 25.0 Å². The fraction of sp³-hybridized carbons (Fsp3) is 0.929. The monoisotopic (exact) mass is 453 g/mol. The van der Waals surface area contributed by atoms with Gasteiger partial charge in [-0.15, -0.1) is 0 Å². The van der Waals surface area contributed by atoms with Gasteiger partial charge in [-0.05, 0) is 32.1 Å². The largest absolute Gasteiger partial charge is 0.466 e. The lowest BCUT2D eigenvalue weighted by Crippen LogP contribution is -2.24. The molecule has 0 heterocycles. The Kier molecular flexibility index (Phi) is 25.3. The number of rotatable bonds is 25. The fourth-order valence-electron chi connectivity index (χ4n) is 4.02. The average molecular weight is 454 g/mol. The third kappa shape index (κ3) is 25.2. The van der Waals surface area contributed by atoms with E-state index in [0.29, 0.717) is 19.4 Å². The number of nitrogens with one attached hydrogen (secondary N) is 1. The van der Waals surface area contributed by atoms with Crippen LogP contribution < -0.4 is 5.32 Å². The van der Waals surface area contributed by atoms with Crippen molar-refractivity contribution in [2.45, 2.75) is 155 Å². The lowest BCUT2D eigenvalue weighted by atomic mass is 10.0. The predicted molar refractivity (Wildman–Crippen MR) is 137 cm³/mol. The van der Waals surface area contributed by atoms with Crippen LogP contribution in [0.15, 0.2) is 0 Å². The van der Waals surface area contributed by atoms with Gasteiger partial charge in [-0.1, -0.05) is 110 Å². The highest BCUT2D eigenvalue weighted by Crippen LogP contribution is 2.13. The minimum absolute atomic E-state index is 0.107. The molecule has 32 heavy (non-hydrogen) atoms. The second kappa shape index (κ2) is 26.2. The van der Waals surface area contributed by atoms with Gasteiger partial charge in [0.25, 0.3) is 0 Å². The highest BCUT2D eigenvalue weighted by molar-refractivity contribution is 5.75. The number of ether oxygens (including phenoxy) is 1. The number of esters is 1. The maximum atomic E-state index is 11.8. The van der Waals surface area contributed by atoms with Crippen LogP contribution in [0.3, 0.4) is 0 Å². The zero-order valence-corrected chi connectivity index (χ0v) is 21.7. The van der Waals surface area contributed by atoms with Gasteiger partial charge in [0.15, 0.2) is 0 Å². The molecule has 0 fully saturated rings. The van der Waals surface area contributed by atoms with Crippen LogP contribution in [-0.2, 0) is 14.3 Å². The predicted octanol–water partition coefficient (Wildman–Crippen LogP) is 8.27. The van der Waals surface area contributed by atoms with E-state index in [-0.39, 0.29) is 11.9 Å². The van der Waals surface area contributed by atoms with Crippen molar-refractivity contribution in [3.63, 3.8) is 0 Å². The molecule has 0 aliphatic heterocycles. The first kappa shape index (κ1) is 30.9. The summed E-state index contributed by atoms with van der Waals surface area (Å²) in [6.07, 6.45) is 26.5. The van der Waals surface area contributed by atoms with Crippen LogP contribution in [0.2, 0.25) is 0 Å². The molecule has 0 aliphatic carbocycles. The summed E-state index contributed by atoms with van der Waals surface area (Å²) in [5.41, 5.74) is 0. The summed E-state index contributed by atoms with van der Waals surface area (Å²) in [6, 6.07) is 0. The van der Waals surface area contributed by atoms with Crippen molar-refractivity contribution in [2.75, 3.05) is 13.2 Å². The molecule has 0 rings (SSSR count). The molecule has 0 radical (unpaired) electrons. The minimum Gasteiger partial charge on any atom is -0.466 e. The zero-order valence-electron chi connectivity index (χ0n) is 21.7. The minimum atomic E-state index is -0.107. The molecule has 0 saturated heterocycles. The first-order chi connectivity index (χ1) is 15.7. The van der Waals surface area contributed by atoms with Gasteiger partial charge in [-0.2, -0.15) is 0 Å². The Morgan fingerprint density at radius 2 is 1.00 bits per heavy atom. The fourth-order valence-corrected chi connectivity index (χ4v) is 4.02. The summed E-state index contributed by atoms with van der Waals surface area (Å²) in [5.74, 6) is 0.0537. The summed E-state index contributed by atoms with van der Waals surface area (Å²) in [5, 5.41) is 3.03.